The maximum Gasteiger partial charge on any atom is 0.118 e. The van der Waals surface area contributed by atoms with E-state index < -0.39 is 18.3 Å². The average molecular weight is 238 g/mol. The number of aliphatic hydroxyl groups is 3. The molecule has 0 heterocycles. The molecular formula is C13H18O4. The number of benzene rings is 1. The minimum Gasteiger partial charge on any atom is -0.497 e. The van der Waals surface area contributed by atoms with Crippen LogP contribution >= 0.6 is 0 Å². The molecule has 0 spiro atoms. The van der Waals surface area contributed by atoms with Gasteiger partial charge in [-0.25, -0.2) is 0 Å². The summed E-state index contributed by atoms with van der Waals surface area (Å²) in [6.45, 7) is 0. The molecule has 17 heavy (non-hydrogen) atoms. The van der Waals surface area contributed by atoms with Crippen molar-refractivity contribution in [1.82, 2.24) is 0 Å². The van der Waals surface area contributed by atoms with Crippen LogP contribution in [0.2, 0.25) is 0 Å². The van der Waals surface area contributed by atoms with Crippen LogP contribution in [0.3, 0.4) is 0 Å². The summed E-state index contributed by atoms with van der Waals surface area (Å²) in [7, 11) is 1.60. The second-order valence-electron chi connectivity index (χ2n) is 4.51. The molecule has 1 fully saturated rings. The Kier molecular flexibility index (Phi) is 3.66. The third-order valence-electron chi connectivity index (χ3n) is 3.47. The fourth-order valence-electron chi connectivity index (χ4n) is 2.37. The molecule has 0 radical (unpaired) electrons. The Morgan fingerprint density at radius 2 is 1.65 bits per heavy atom. The Morgan fingerprint density at radius 1 is 1.00 bits per heavy atom. The molecule has 0 amide bonds. The van der Waals surface area contributed by atoms with E-state index in [2.05, 4.69) is 0 Å². The number of hydrogen-bond acceptors (Lipinski definition) is 4. The summed E-state index contributed by atoms with van der Waals surface area (Å²) < 4.78 is 5.07. The SMILES string of the molecule is COc1ccc([C@@H]2CC[C@H](O)[C@@H](O)[C@@H]2O)cc1. The smallest absolute Gasteiger partial charge is 0.118 e. The minimum atomic E-state index is -1.06. The lowest BCUT2D eigenvalue weighted by Crippen LogP contribution is -2.45. The van der Waals surface area contributed by atoms with E-state index in [4.69, 9.17) is 4.74 Å². The van der Waals surface area contributed by atoms with E-state index in [1.54, 1.807) is 7.11 Å². The summed E-state index contributed by atoms with van der Waals surface area (Å²) in [5.74, 6) is 0.638. The quantitative estimate of drug-likeness (QED) is 0.707. The number of aliphatic hydroxyl groups excluding tert-OH is 3. The number of hydrogen-bond donors (Lipinski definition) is 3. The Balaban J connectivity index is 2.16. The molecule has 2 rings (SSSR count). The molecule has 0 aliphatic heterocycles. The van der Waals surface area contributed by atoms with Gasteiger partial charge in [0.2, 0.25) is 0 Å². The Bertz CT molecular complexity index is 362. The van der Waals surface area contributed by atoms with Gasteiger partial charge in [0.1, 0.15) is 11.9 Å². The highest BCUT2D eigenvalue weighted by atomic mass is 16.5. The highest BCUT2D eigenvalue weighted by Crippen LogP contribution is 2.34. The van der Waals surface area contributed by atoms with Crippen molar-refractivity contribution in [3.63, 3.8) is 0 Å². The molecule has 0 bridgehead atoms. The zero-order valence-corrected chi connectivity index (χ0v) is 9.78. The fraction of sp³-hybridized carbons (Fsp3) is 0.538. The number of rotatable bonds is 2. The van der Waals surface area contributed by atoms with Gasteiger partial charge >= 0.3 is 0 Å². The molecule has 1 aromatic rings. The fourth-order valence-corrected chi connectivity index (χ4v) is 2.37. The lowest BCUT2D eigenvalue weighted by atomic mass is 9.79. The van der Waals surface area contributed by atoms with Crippen molar-refractivity contribution < 1.29 is 20.1 Å². The van der Waals surface area contributed by atoms with Gasteiger partial charge in [0.25, 0.3) is 0 Å². The van der Waals surface area contributed by atoms with Crippen LogP contribution in [0.1, 0.15) is 24.3 Å². The van der Waals surface area contributed by atoms with Crippen LogP contribution in [0.15, 0.2) is 24.3 Å². The van der Waals surface area contributed by atoms with Gasteiger partial charge in [-0.1, -0.05) is 12.1 Å². The van der Waals surface area contributed by atoms with E-state index in [0.29, 0.717) is 12.8 Å². The van der Waals surface area contributed by atoms with E-state index in [1.807, 2.05) is 24.3 Å². The van der Waals surface area contributed by atoms with Crippen LogP contribution in [0.25, 0.3) is 0 Å². The molecule has 3 N–H and O–H groups in total. The van der Waals surface area contributed by atoms with Crippen molar-refractivity contribution in [2.45, 2.75) is 37.1 Å². The molecule has 4 atom stereocenters. The van der Waals surface area contributed by atoms with Gasteiger partial charge in [0, 0.05) is 5.92 Å². The van der Waals surface area contributed by atoms with Gasteiger partial charge < -0.3 is 20.1 Å². The number of ether oxygens (including phenoxy) is 1. The maximum atomic E-state index is 9.95. The molecule has 1 aromatic carbocycles. The zero-order chi connectivity index (χ0) is 12.4. The number of methoxy groups -OCH3 is 1. The molecule has 0 unspecified atom stereocenters. The first kappa shape index (κ1) is 12.4. The molecule has 4 heteroatoms. The summed E-state index contributed by atoms with van der Waals surface area (Å²) >= 11 is 0. The Hall–Kier alpha value is -1.10. The van der Waals surface area contributed by atoms with Crippen LogP contribution in [0.5, 0.6) is 5.75 Å². The third kappa shape index (κ3) is 2.44. The van der Waals surface area contributed by atoms with Crippen LogP contribution in [0, 0.1) is 0 Å². The first-order valence-corrected chi connectivity index (χ1v) is 5.81. The van der Waals surface area contributed by atoms with Crippen molar-refractivity contribution in [2.24, 2.45) is 0 Å². The van der Waals surface area contributed by atoms with Gasteiger partial charge in [-0.05, 0) is 30.5 Å². The van der Waals surface area contributed by atoms with E-state index in [1.165, 1.54) is 0 Å². The van der Waals surface area contributed by atoms with E-state index in [0.717, 1.165) is 11.3 Å². The van der Waals surface area contributed by atoms with Crippen LogP contribution in [-0.4, -0.2) is 40.7 Å². The Labute approximate surface area is 100 Å². The lowest BCUT2D eigenvalue weighted by Gasteiger charge is -2.35. The molecule has 1 aliphatic rings. The standard InChI is InChI=1S/C13H18O4/c1-17-9-4-2-8(3-5-9)10-6-7-11(14)13(16)12(10)15/h2-5,10-16H,6-7H2,1H3/t10-,11-,12+,13+/m0/s1. The first-order chi connectivity index (χ1) is 8.13. The van der Waals surface area contributed by atoms with Gasteiger partial charge in [0.15, 0.2) is 0 Å². The van der Waals surface area contributed by atoms with Gasteiger partial charge in [0.05, 0.1) is 19.3 Å². The topological polar surface area (TPSA) is 69.9 Å². The van der Waals surface area contributed by atoms with E-state index in [9.17, 15) is 15.3 Å². The van der Waals surface area contributed by atoms with Crippen LogP contribution < -0.4 is 4.74 Å². The van der Waals surface area contributed by atoms with E-state index in [-0.39, 0.29) is 5.92 Å². The second kappa shape index (κ2) is 5.04. The molecule has 0 saturated heterocycles. The summed E-state index contributed by atoms with van der Waals surface area (Å²) in [5.41, 5.74) is 0.962. The molecule has 4 nitrogen and oxygen atoms in total. The Morgan fingerprint density at radius 3 is 2.24 bits per heavy atom. The minimum absolute atomic E-state index is 0.126. The molecule has 0 aromatic heterocycles. The van der Waals surface area contributed by atoms with Gasteiger partial charge in [-0.15, -0.1) is 0 Å². The highest BCUT2D eigenvalue weighted by molar-refractivity contribution is 5.30. The largest absolute Gasteiger partial charge is 0.497 e. The molecule has 1 aliphatic carbocycles. The highest BCUT2D eigenvalue weighted by Gasteiger charge is 2.36. The molecule has 94 valence electrons. The maximum absolute atomic E-state index is 9.95. The van der Waals surface area contributed by atoms with E-state index >= 15 is 0 Å². The van der Waals surface area contributed by atoms with Gasteiger partial charge in [-0.3, -0.25) is 0 Å². The molecule has 1 saturated carbocycles. The lowest BCUT2D eigenvalue weighted by molar-refractivity contribution is -0.0941. The van der Waals surface area contributed by atoms with Crippen molar-refractivity contribution in [3.8, 4) is 5.75 Å². The normalized spacial score (nSPS) is 33.4. The van der Waals surface area contributed by atoms with Crippen molar-refractivity contribution in [1.29, 1.82) is 0 Å². The predicted molar refractivity (Wildman–Crippen MR) is 63.0 cm³/mol. The summed E-state index contributed by atoms with van der Waals surface area (Å²) in [6, 6.07) is 7.44. The average Bonchev–Trinajstić information content (AvgIpc) is 2.36. The summed E-state index contributed by atoms with van der Waals surface area (Å²) in [6.07, 6.45) is -1.61. The third-order valence-corrected chi connectivity index (χ3v) is 3.47. The monoisotopic (exact) mass is 238 g/mol. The van der Waals surface area contributed by atoms with Gasteiger partial charge in [-0.2, -0.15) is 0 Å². The predicted octanol–water partition coefficient (Wildman–Crippen LogP) is 0.655. The van der Waals surface area contributed by atoms with Crippen molar-refractivity contribution >= 4 is 0 Å². The molecular weight excluding hydrogens is 220 g/mol. The first-order valence-electron chi connectivity index (χ1n) is 5.81. The zero-order valence-electron chi connectivity index (χ0n) is 9.78. The summed E-state index contributed by atoms with van der Waals surface area (Å²) in [5, 5.41) is 29.1. The van der Waals surface area contributed by atoms with Crippen molar-refractivity contribution in [3.05, 3.63) is 29.8 Å². The van der Waals surface area contributed by atoms with Crippen LogP contribution in [-0.2, 0) is 0 Å². The van der Waals surface area contributed by atoms with Crippen molar-refractivity contribution in [2.75, 3.05) is 7.11 Å². The van der Waals surface area contributed by atoms with Crippen LogP contribution in [0.4, 0.5) is 0 Å². The summed E-state index contributed by atoms with van der Waals surface area (Å²) in [4.78, 5) is 0. The second-order valence-corrected chi connectivity index (χ2v) is 4.51.